The summed E-state index contributed by atoms with van der Waals surface area (Å²) in [6, 6.07) is 9.07. The van der Waals surface area contributed by atoms with Crippen molar-refractivity contribution in [2.45, 2.75) is 156 Å². The summed E-state index contributed by atoms with van der Waals surface area (Å²) in [5.74, 6) is -1.36. The smallest absolute Gasteiger partial charge is 0.550 e. The van der Waals surface area contributed by atoms with E-state index in [1.807, 2.05) is 12.4 Å². The summed E-state index contributed by atoms with van der Waals surface area (Å²) in [6.07, 6.45) is 20.9. The van der Waals surface area contributed by atoms with Crippen LogP contribution in [0.5, 0.6) is 11.5 Å². The van der Waals surface area contributed by atoms with Gasteiger partial charge in [-0.15, -0.1) is 0 Å². The maximum absolute atomic E-state index is 11.0. The van der Waals surface area contributed by atoms with Gasteiger partial charge >= 0.3 is 16.8 Å². The topological polar surface area (TPSA) is 145 Å². The minimum Gasteiger partial charge on any atom is -0.550 e. The molecule has 2 atom stereocenters. The molecule has 0 bridgehead atoms. The van der Waals surface area contributed by atoms with Gasteiger partial charge in [0.25, 0.3) is 0 Å². The van der Waals surface area contributed by atoms with E-state index in [0.717, 1.165) is 126 Å². The molecule has 8 nitrogen and oxygen atoms in total. The quantitative estimate of drug-likeness (QED) is 0.182. The van der Waals surface area contributed by atoms with Crippen molar-refractivity contribution in [3.63, 3.8) is 0 Å². The Balaban J connectivity index is 0.00000230. The molecule has 3 rings (SSSR count). The van der Waals surface area contributed by atoms with Crippen molar-refractivity contribution < 1.29 is 46.8 Å². The van der Waals surface area contributed by atoms with Crippen LogP contribution >= 0.6 is 0 Å². The maximum Gasteiger partial charge on any atom is 2.00 e. The van der Waals surface area contributed by atoms with E-state index in [-0.39, 0.29) is 28.9 Å². The fourth-order valence-electron chi connectivity index (χ4n) is 5.72. The number of rotatable bonds is 16. The first kappa shape index (κ1) is 45.8. The molecule has 49 heavy (non-hydrogen) atoms. The molecule has 0 aliphatic heterocycles. The fourth-order valence-corrected chi connectivity index (χ4v) is 5.72. The van der Waals surface area contributed by atoms with E-state index in [1.54, 1.807) is 0 Å². The number of aliphatic imine (C=N–C) groups is 2. The second kappa shape index (κ2) is 26.7. The van der Waals surface area contributed by atoms with Crippen LogP contribution in [0.1, 0.15) is 152 Å². The summed E-state index contributed by atoms with van der Waals surface area (Å²) in [5.41, 5.74) is 6.44. The molecule has 0 saturated heterocycles. The Kier molecular flexibility index (Phi) is 24.9. The number of phenolic OH excluding ortho intramolecular Hbond substituents is 2. The predicted molar refractivity (Wildman–Crippen MR) is 193 cm³/mol. The van der Waals surface area contributed by atoms with Gasteiger partial charge in [-0.3, -0.25) is 9.98 Å². The van der Waals surface area contributed by atoms with Crippen LogP contribution in [-0.4, -0.2) is 46.7 Å². The van der Waals surface area contributed by atoms with Crippen LogP contribution in [0.4, 0.5) is 0 Å². The summed E-state index contributed by atoms with van der Waals surface area (Å²) >= 11 is 0. The number of hydrogen-bond donors (Lipinski definition) is 2. The molecular formula is C40H60CoN2O6. The molecule has 275 valence electrons. The molecule has 0 spiro atoms. The van der Waals surface area contributed by atoms with E-state index in [4.69, 9.17) is 29.8 Å². The van der Waals surface area contributed by atoms with Crippen LogP contribution in [0, 0.1) is 0 Å². The molecule has 1 radical (unpaired) electrons. The third kappa shape index (κ3) is 19.6. The molecule has 0 aromatic heterocycles. The van der Waals surface area contributed by atoms with Gasteiger partial charge in [0.05, 0.1) is 12.1 Å². The normalized spacial score (nSPS) is 15.6. The summed E-state index contributed by atoms with van der Waals surface area (Å²) in [7, 11) is 0. The number of benzene rings is 2. The first-order valence-corrected chi connectivity index (χ1v) is 18.1. The van der Waals surface area contributed by atoms with Gasteiger partial charge in [0.15, 0.2) is 0 Å². The van der Waals surface area contributed by atoms with Crippen molar-refractivity contribution in [1.82, 2.24) is 0 Å². The van der Waals surface area contributed by atoms with Gasteiger partial charge in [-0.25, -0.2) is 0 Å². The van der Waals surface area contributed by atoms with Crippen LogP contribution < -0.4 is 10.2 Å². The molecule has 2 unspecified atom stereocenters. The Labute approximate surface area is 305 Å². The SMILES string of the molecule is CC(=O)[O-].CC(=O)[O-].CCCCc1cc(C=NC2CCCC(N=Cc3cc(CCCC)cc(CCCC)c3O)C2)c(O)c(CCCC)c1.[Co+2]. The van der Waals surface area contributed by atoms with Gasteiger partial charge in [-0.05, 0) is 125 Å². The zero-order chi connectivity index (χ0) is 35.9. The van der Waals surface area contributed by atoms with Crippen molar-refractivity contribution in [3.05, 3.63) is 57.6 Å². The summed E-state index contributed by atoms with van der Waals surface area (Å²) in [6.45, 7) is 10.8. The number of carboxylic acids is 2. The van der Waals surface area contributed by atoms with E-state index in [2.05, 4.69) is 52.0 Å². The van der Waals surface area contributed by atoms with E-state index < -0.39 is 11.9 Å². The standard InChI is InChI=1S/C36H54N2O2.2C2H4O2.Co/c1-5-9-14-27-20-29(16-11-7-3)35(39)31(22-27)25-37-33-18-13-19-34(24-33)38-26-32-23-28(15-10-6-2)21-30(36(32)40)17-12-8-4;2*1-2(3)4;/h20-23,25-26,33-34,39-40H,5-19,24H2,1-4H3;2*1H3,(H,3,4);/q;;;+2/p-2. The number of phenols is 2. The zero-order valence-corrected chi connectivity index (χ0v) is 31.7. The summed E-state index contributed by atoms with van der Waals surface area (Å²) in [5, 5.41) is 39.8. The van der Waals surface area contributed by atoms with E-state index in [0.29, 0.717) is 11.5 Å². The Hall–Kier alpha value is -3.17. The van der Waals surface area contributed by atoms with Crippen molar-refractivity contribution in [1.29, 1.82) is 0 Å². The average Bonchev–Trinajstić information content (AvgIpc) is 3.04. The number of aryl methyl sites for hydroxylation is 4. The number of aromatic hydroxyl groups is 2. The molecule has 2 aromatic carbocycles. The van der Waals surface area contributed by atoms with Crippen molar-refractivity contribution >= 4 is 24.4 Å². The van der Waals surface area contributed by atoms with Crippen molar-refractivity contribution in [2.24, 2.45) is 9.98 Å². The third-order valence-corrected chi connectivity index (χ3v) is 8.26. The first-order chi connectivity index (χ1) is 22.9. The molecule has 1 aliphatic carbocycles. The number of aliphatic carboxylic acids is 2. The van der Waals surface area contributed by atoms with Gasteiger partial charge in [0, 0.05) is 35.5 Å². The second-order valence-corrected chi connectivity index (χ2v) is 12.8. The predicted octanol–water partition coefficient (Wildman–Crippen LogP) is 6.83. The molecule has 0 heterocycles. The van der Waals surface area contributed by atoms with Gasteiger partial charge in [-0.2, -0.15) is 0 Å². The van der Waals surface area contributed by atoms with E-state index >= 15 is 0 Å². The van der Waals surface area contributed by atoms with Gasteiger partial charge in [0.2, 0.25) is 0 Å². The van der Waals surface area contributed by atoms with Crippen molar-refractivity contribution in [2.75, 3.05) is 0 Å². The Morgan fingerprint density at radius 3 is 1.33 bits per heavy atom. The van der Waals surface area contributed by atoms with Gasteiger partial charge in [0.1, 0.15) is 11.5 Å². The minimum absolute atomic E-state index is 0. The molecule has 9 heteroatoms. The maximum atomic E-state index is 11.0. The van der Waals surface area contributed by atoms with Crippen molar-refractivity contribution in [3.8, 4) is 11.5 Å². The molecule has 1 aliphatic rings. The van der Waals surface area contributed by atoms with Crippen LogP contribution in [-0.2, 0) is 52.1 Å². The monoisotopic (exact) mass is 723 g/mol. The number of carbonyl (C=O) groups is 2. The van der Waals surface area contributed by atoms with E-state index in [9.17, 15) is 10.2 Å². The van der Waals surface area contributed by atoms with Crippen LogP contribution in [0.25, 0.3) is 0 Å². The van der Waals surface area contributed by atoms with Gasteiger partial charge in [-0.1, -0.05) is 65.5 Å². The second-order valence-electron chi connectivity index (χ2n) is 12.8. The van der Waals surface area contributed by atoms with Crippen LogP contribution in [0.3, 0.4) is 0 Å². The minimum atomic E-state index is -1.08. The van der Waals surface area contributed by atoms with Gasteiger partial charge < -0.3 is 30.0 Å². The third-order valence-electron chi connectivity index (χ3n) is 8.26. The zero-order valence-electron chi connectivity index (χ0n) is 30.7. The van der Waals surface area contributed by atoms with E-state index in [1.165, 1.54) is 24.0 Å². The Morgan fingerprint density at radius 1 is 0.673 bits per heavy atom. The molecular weight excluding hydrogens is 663 g/mol. The molecule has 0 amide bonds. The Bertz CT molecular complexity index is 1200. The first-order valence-electron chi connectivity index (χ1n) is 18.1. The average molecular weight is 724 g/mol. The largest absolute Gasteiger partial charge is 2.00 e. The fraction of sp³-hybridized carbons (Fsp3) is 0.600. The molecule has 2 N–H and O–H groups in total. The number of hydrogen-bond acceptors (Lipinski definition) is 8. The summed E-state index contributed by atoms with van der Waals surface area (Å²) < 4.78 is 0. The van der Waals surface area contributed by atoms with Crippen LogP contribution in [0.2, 0.25) is 0 Å². The van der Waals surface area contributed by atoms with Crippen LogP contribution in [0.15, 0.2) is 34.3 Å². The number of unbranched alkanes of at least 4 members (excludes halogenated alkanes) is 4. The number of carbonyl (C=O) groups excluding carboxylic acids is 2. The molecule has 2 aromatic rings. The number of nitrogens with zero attached hydrogens (tertiary/aromatic N) is 2. The molecule has 1 fully saturated rings. The number of carboxylic acid groups (broad SMARTS) is 2. The summed E-state index contributed by atoms with van der Waals surface area (Å²) in [4.78, 5) is 27.7. The molecule has 1 saturated carbocycles. The Morgan fingerprint density at radius 2 is 1.00 bits per heavy atom.